The molecular formula is C19H24BrNO. The van der Waals surface area contributed by atoms with Gasteiger partial charge in [0.15, 0.2) is 0 Å². The Morgan fingerprint density at radius 1 is 1.18 bits per heavy atom. The maximum absolute atomic E-state index is 12.6. The molecule has 1 N–H and O–H groups in total. The average molecular weight is 362 g/mol. The van der Waals surface area contributed by atoms with Crippen LogP contribution in [0.2, 0.25) is 0 Å². The summed E-state index contributed by atoms with van der Waals surface area (Å²) in [6.45, 7) is 2.24. The maximum Gasteiger partial charge on any atom is 0.251 e. The molecule has 0 radical (unpaired) electrons. The SMILES string of the molecule is C[C@@H](NC(=O)c1cccc(Br)c1)C12CC3CC(CC(C3)C1)C2. The van der Waals surface area contributed by atoms with Crippen molar-refractivity contribution in [1.82, 2.24) is 5.32 Å². The minimum atomic E-state index is 0.0737. The van der Waals surface area contributed by atoms with Crippen LogP contribution in [0.1, 0.15) is 55.8 Å². The molecule has 4 bridgehead atoms. The van der Waals surface area contributed by atoms with Crippen LogP contribution in [0.3, 0.4) is 0 Å². The van der Waals surface area contributed by atoms with E-state index in [1.165, 1.54) is 38.5 Å². The van der Waals surface area contributed by atoms with Crippen LogP contribution in [0.4, 0.5) is 0 Å². The van der Waals surface area contributed by atoms with Gasteiger partial charge in [-0.1, -0.05) is 22.0 Å². The molecule has 4 aliphatic carbocycles. The third-order valence-corrected chi connectivity index (χ3v) is 6.93. The van der Waals surface area contributed by atoms with Crippen molar-refractivity contribution >= 4 is 21.8 Å². The van der Waals surface area contributed by atoms with E-state index in [-0.39, 0.29) is 11.9 Å². The fourth-order valence-corrected chi connectivity index (χ4v) is 6.17. The van der Waals surface area contributed by atoms with Gasteiger partial charge in [0.05, 0.1) is 0 Å². The van der Waals surface area contributed by atoms with E-state index in [1.807, 2.05) is 24.3 Å². The number of benzene rings is 1. The number of rotatable bonds is 3. The van der Waals surface area contributed by atoms with Gasteiger partial charge in [0.1, 0.15) is 0 Å². The molecule has 1 aromatic carbocycles. The summed E-state index contributed by atoms with van der Waals surface area (Å²) >= 11 is 3.45. The van der Waals surface area contributed by atoms with Crippen molar-refractivity contribution in [1.29, 1.82) is 0 Å². The van der Waals surface area contributed by atoms with E-state index < -0.39 is 0 Å². The van der Waals surface area contributed by atoms with Crippen LogP contribution in [0, 0.1) is 23.2 Å². The summed E-state index contributed by atoms with van der Waals surface area (Å²) < 4.78 is 0.961. The number of nitrogens with one attached hydrogen (secondary N) is 1. The first kappa shape index (κ1) is 14.7. The quantitative estimate of drug-likeness (QED) is 0.824. The van der Waals surface area contributed by atoms with Crippen molar-refractivity contribution in [2.45, 2.75) is 51.5 Å². The summed E-state index contributed by atoms with van der Waals surface area (Å²) in [6.07, 6.45) is 8.35. The average Bonchev–Trinajstić information content (AvgIpc) is 2.45. The molecule has 1 aromatic rings. The Kier molecular flexibility index (Phi) is 3.60. The second kappa shape index (κ2) is 5.36. The number of hydrogen-bond donors (Lipinski definition) is 1. The molecule has 0 heterocycles. The van der Waals surface area contributed by atoms with Crippen molar-refractivity contribution < 1.29 is 4.79 Å². The first-order valence-corrected chi connectivity index (χ1v) is 9.40. The Labute approximate surface area is 141 Å². The Bertz CT molecular complexity index is 562. The third kappa shape index (κ3) is 2.51. The highest BCUT2D eigenvalue weighted by atomic mass is 79.9. The van der Waals surface area contributed by atoms with Crippen molar-refractivity contribution in [3.8, 4) is 0 Å². The molecule has 0 aliphatic heterocycles. The lowest BCUT2D eigenvalue weighted by Gasteiger charge is -2.59. The predicted octanol–water partition coefficient (Wildman–Crippen LogP) is 4.78. The van der Waals surface area contributed by atoms with Gasteiger partial charge in [-0.15, -0.1) is 0 Å². The Hall–Kier alpha value is -0.830. The fraction of sp³-hybridized carbons (Fsp3) is 0.632. The molecule has 4 saturated carbocycles. The van der Waals surface area contributed by atoms with Crippen LogP contribution in [-0.4, -0.2) is 11.9 Å². The zero-order valence-corrected chi connectivity index (χ0v) is 14.7. The molecule has 0 unspecified atom stereocenters. The highest BCUT2D eigenvalue weighted by Crippen LogP contribution is 2.61. The van der Waals surface area contributed by atoms with E-state index in [9.17, 15) is 4.79 Å². The molecule has 0 aromatic heterocycles. The van der Waals surface area contributed by atoms with Gasteiger partial charge in [-0.3, -0.25) is 4.79 Å². The first-order valence-electron chi connectivity index (χ1n) is 8.60. The Morgan fingerprint density at radius 3 is 2.32 bits per heavy atom. The largest absolute Gasteiger partial charge is 0.349 e. The molecule has 22 heavy (non-hydrogen) atoms. The molecule has 1 atom stereocenters. The minimum absolute atomic E-state index is 0.0737. The third-order valence-electron chi connectivity index (χ3n) is 6.44. The van der Waals surface area contributed by atoms with E-state index >= 15 is 0 Å². The highest BCUT2D eigenvalue weighted by molar-refractivity contribution is 9.10. The molecule has 4 fully saturated rings. The molecule has 3 heteroatoms. The van der Waals surface area contributed by atoms with Crippen molar-refractivity contribution in [2.75, 3.05) is 0 Å². The number of carbonyl (C=O) groups excluding carboxylic acids is 1. The second-order valence-electron chi connectivity index (χ2n) is 7.99. The van der Waals surface area contributed by atoms with Gasteiger partial charge in [0.25, 0.3) is 5.91 Å². The van der Waals surface area contributed by atoms with Crippen LogP contribution >= 0.6 is 15.9 Å². The number of hydrogen-bond acceptors (Lipinski definition) is 1. The number of halogens is 1. The smallest absolute Gasteiger partial charge is 0.251 e. The molecular weight excluding hydrogens is 338 g/mol. The van der Waals surface area contributed by atoms with Crippen LogP contribution in [0.25, 0.3) is 0 Å². The topological polar surface area (TPSA) is 29.1 Å². The minimum Gasteiger partial charge on any atom is -0.349 e. The second-order valence-corrected chi connectivity index (χ2v) is 8.90. The van der Waals surface area contributed by atoms with Gasteiger partial charge < -0.3 is 5.32 Å². The molecule has 0 saturated heterocycles. The van der Waals surface area contributed by atoms with Crippen molar-refractivity contribution in [2.24, 2.45) is 23.2 Å². The Balaban J connectivity index is 1.50. The van der Waals surface area contributed by atoms with Gasteiger partial charge in [-0.05, 0) is 86.8 Å². The van der Waals surface area contributed by atoms with Gasteiger partial charge in [0, 0.05) is 16.1 Å². The maximum atomic E-state index is 12.6. The van der Waals surface area contributed by atoms with Crippen LogP contribution in [0.5, 0.6) is 0 Å². The lowest BCUT2D eigenvalue weighted by Crippen LogP contribution is -2.55. The number of amides is 1. The van der Waals surface area contributed by atoms with E-state index in [1.54, 1.807) is 0 Å². The summed E-state index contributed by atoms with van der Waals surface area (Å²) in [4.78, 5) is 12.6. The van der Waals surface area contributed by atoms with Crippen LogP contribution < -0.4 is 5.32 Å². The lowest BCUT2D eigenvalue weighted by atomic mass is 9.48. The van der Waals surface area contributed by atoms with E-state index in [0.717, 1.165) is 27.8 Å². The molecule has 5 rings (SSSR count). The molecule has 1 amide bonds. The fourth-order valence-electron chi connectivity index (χ4n) is 5.77. The van der Waals surface area contributed by atoms with Crippen LogP contribution in [-0.2, 0) is 0 Å². The van der Waals surface area contributed by atoms with E-state index in [4.69, 9.17) is 0 Å². The summed E-state index contributed by atoms with van der Waals surface area (Å²) in [7, 11) is 0. The lowest BCUT2D eigenvalue weighted by molar-refractivity contribution is -0.0688. The standard InChI is InChI=1S/C19H24BrNO/c1-12(21-18(22)16-3-2-4-17(20)8-16)19-9-13-5-14(10-19)7-15(6-13)11-19/h2-4,8,12-15H,5-7,9-11H2,1H3,(H,21,22)/t12-,13?,14?,15?,19?/m1/s1. The summed E-state index contributed by atoms with van der Waals surface area (Å²) in [5.41, 5.74) is 1.13. The monoisotopic (exact) mass is 361 g/mol. The normalized spacial score (nSPS) is 37.1. The molecule has 0 spiro atoms. The summed E-state index contributed by atoms with van der Waals surface area (Å²) in [6, 6.07) is 7.97. The van der Waals surface area contributed by atoms with Gasteiger partial charge in [-0.2, -0.15) is 0 Å². The van der Waals surface area contributed by atoms with Crippen LogP contribution in [0.15, 0.2) is 28.7 Å². The van der Waals surface area contributed by atoms with Gasteiger partial charge >= 0.3 is 0 Å². The molecule has 2 nitrogen and oxygen atoms in total. The number of carbonyl (C=O) groups is 1. The predicted molar refractivity (Wildman–Crippen MR) is 91.7 cm³/mol. The van der Waals surface area contributed by atoms with Crippen molar-refractivity contribution in [3.63, 3.8) is 0 Å². The summed E-state index contributed by atoms with van der Waals surface area (Å²) in [5.74, 6) is 2.86. The zero-order valence-electron chi connectivity index (χ0n) is 13.1. The first-order chi connectivity index (χ1) is 10.5. The van der Waals surface area contributed by atoms with Crippen molar-refractivity contribution in [3.05, 3.63) is 34.3 Å². The van der Waals surface area contributed by atoms with Gasteiger partial charge in [0.2, 0.25) is 0 Å². The molecule has 4 aliphatic rings. The molecule has 118 valence electrons. The Morgan fingerprint density at radius 2 is 1.77 bits per heavy atom. The highest BCUT2D eigenvalue weighted by Gasteiger charge is 2.53. The van der Waals surface area contributed by atoms with Gasteiger partial charge in [-0.25, -0.2) is 0 Å². The van der Waals surface area contributed by atoms with E-state index in [2.05, 4.69) is 28.2 Å². The summed E-state index contributed by atoms with van der Waals surface area (Å²) in [5, 5.41) is 3.32. The zero-order chi connectivity index (χ0) is 15.3. The van der Waals surface area contributed by atoms with E-state index in [0.29, 0.717) is 5.41 Å².